The van der Waals surface area contributed by atoms with Crippen LogP contribution in [0, 0.1) is 18.6 Å². The molecule has 1 N–H and O–H groups in total. The number of H-pyrrole nitrogens is 1. The normalized spacial score (nSPS) is 9.73. The number of hydrogen-bond donors (Lipinski definition) is 1. The highest BCUT2D eigenvalue weighted by molar-refractivity contribution is 7.71. The van der Waals surface area contributed by atoms with Crippen LogP contribution in [0.15, 0.2) is 0 Å². The zero-order valence-corrected chi connectivity index (χ0v) is 7.58. The van der Waals surface area contributed by atoms with Gasteiger partial charge in [0.15, 0.2) is 4.77 Å². The molecule has 0 aliphatic heterocycles. The fourth-order valence-corrected chi connectivity index (χ4v) is 1.05. The van der Waals surface area contributed by atoms with Crippen LogP contribution < -0.4 is 4.74 Å². The number of ether oxygens (including phenoxy) is 1. The van der Waals surface area contributed by atoms with Gasteiger partial charge in [0.25, 0.3) is 0 Å². The molecule has 0 unspecified atom stereocenters. The minimum absolute atomic E-state index is 0.463. The van der Waals surface area contributed by atoms with Crippen molar-refractivity contribution in [3.05, 3.63) is 16.0 Å². The first-order valence-corrected chi connectivity index (χ1v) is 3.67. The zero-order chi connectivity index (χ0) is 8.43. The van der Waals surface area contributed by atoms with Crippen LogP contribution >= 0.6 is 12.2 Å². The van der Waals surface area contributed by atoms with Crippen LogP contribution in [0.25, 0.3) is 0 Å². The van der Waals surface area contributed by atoms with Crippen molar-refractivity contribution in [2.45, 2.75) is 13.8 Å². The molecule has 0 saturated carbocycles. The molecule has 0 bridgehead atoms. The highest BCUT2D eigenvalue weighted by Gasteiger charge is 2.01. The highest BCUT2D eigenvalue weighted by atomic mass is 32.1. The smallest absolute Gasteiger partial charge is 0.220 e. The first-order chi connectivity index (χ1) is 5.15. The third-order valence-corrected chi connectivity index (χ3v) is 1.77. The molecule has 11 heavy (non-hydrogen) atoms. The number of nitrogens with one attached hydrogen (secondary N) is 1. The first kappa shape index (κ1) is 8.20. The lowest BCUT2D eigenvalue weighted by molar-refractivity contribution is 0.392. The van der Waals surface area contributed by atoms with E-state index in [1.807, 2.05) is 13.8 Å². The van der Waals surface area contributed by atoms with Gasteiger partial charge in [0.2, 0.25) is 5.88 Å². The molecule has 0 amide bonds. The van der Waals surface area contributed by atoms with E-state index in [1.165, 1.54) is 0 Å². The highest BCUT2D eigenvalue weighted by Crippen LogP contribution is 2.14. The monoisotopic (exact) mass is 170 g/mol. The molecule has 0 fully saturated rings. The maximum absolute atomic E-state index is 5.01. The van der Waals surface area contributed by atoms with Gasteiger partial charge >= 0.3 is 0 Å². The van der Waals surface area contributed by atoms with Crippen LogP contribution in [-0.4, -0.2) is 17.1 Å². The molecule has 3 nitrogen and oxygen atoms in total. The Kier molecular flexibility index (Phi) is 2.24. The molecule has 0 aliphatic rings. The van der Waals surface area contributed by atoms with E-state index in [0.29, 0.717) is 10.7 Å². The minimum atomic E-state index is 0.463. The maximum Gasteiger partial charge on any atom is 0.220 e. The Hall–Kier alpha value is -0.900. The second kappa shape index (κ2) is 3.00. The van der Waals surface area contributed by atoms with Gasteiger partial charge in [-0.15, -0.1) is 0 Å². The van der Waals surface area contributed by atoms with Crippen molar-refractivity contribution in [3.63, 3.8) is 0 Å². The van der Waals surface area contributed by atoms with Crippen LogP contribution in [-0.2, 0) is 0 Å². The summed E-state index contributed by atoms with van der Waals surface area (Å²) in [6, 6.07) is 0. The summed E-state index contributed by atoms with van der Waals surface area (Å²) in [6.07, 6.45) is 0. The van der Waals surface area contributed by atoms with Gasteiger partial charge in [0.05, 0.1) is 7.11 Å². The Bertz CT molecular complexity index is 319. The van der Waals surface area contributed by atoms with Gasteiger partial charge in [-0.2, -0.15) is 4.98 Å². The number of aromatic nitrogens is 2. The molecule has 4 heteroatoms. The lowest BCUT2D eigenvalue weighted by atomic mass is 10.3. The molecular weight excluding hydrogens is 160 g/mol. The topological polar surface area (TPSA) is 37.9 Å². The van der Waals surface area contributed by atoms with Gasteiger partial charge in [-0.25, -0.2) is 0 Å². The van der Waals surface area contributed by atoms with Gasteiger partial charge in [0, 0.05) is 11.3 Å². The fourth-order valence-electron chi connectivity index (χ4n) is 0.817. The quantitative estimate of drug-likeness (QED) is 0.653. The average molecular weight is 170 g/mol. The summed E-state index contributed by atoms with van der Waals surface area (Å²) in [4.78, 5) is 6.93. The van der Waals surface area contributed by atoms with Gasteiger partial charge in [-0.1, -0.05) is 0 Å². The zero-order valence-electron chi connectivity index (χ0n) is 6.76. The minimum Gasteiger partial charge on any atom is -0.481 e. The Labute approximate surface area is 70.4 Å². The van der Waals surface area contributed by atoms with Gasteiger partial charge in [-0.3, -0.25) is 0 Å². The Morgan fingerprint density at radius 1 is 1.45 bits per heavy atom. The largest absolute Gasteiger partial charge is 0.481 e. The van der Waals surface area contributed by atoms with E-state index in [0.717, 1.165) is 11.3 Å². The van der Waals surface area contributed by atoms with Crippen molar-refractivity contribution in [1.82, 2.24) is 9.97 Å². The molecule has 0 spiro atoms. The van der Waals surface area contributed by atoms with Gasteiger partial charge < -0.3 is 9.72 Å². The number of aryl methyl sites for hydroxylation is 1. The molecular formula is C7H10N2OS. The summed E-state index contributed by atoms with van der Waals surface area (Å²) < 4.78 is 5.47. The van der Waals surface area contributed by atoms with Crippen molar-refractivity contribution in [2.24, 2.45) is 0 Å². The summed E-state index contributed by atoms with van der Waals surface area (Å²) in [5.41, 5.74) is 2.00. The van der Waals surface area contributed by atoms with E-state index in [4.69, 9.17) is 17.0 Å². The third-order valence-electron chi connectivity index (χ3n) is 1.57. The van der Waals surface area contributed by atoms with Crippen LogP contribution in [0.3, 0.4) is 0 Å². The molecule has 1 aromatic rings. The Balaban J connectivity index is 3.36. The van der Waals surface area contributed by atoms with E-state index in [2.05, 4.69) is 9.97 Å². The SMILES string of the molecule is COc1nc(=S)[nH]c(C)c1C. The van der Waals surface area contributed by atoms with Crippen LogP contribution in [0.4, 0.5) is 0 Å². The summed E-state index contributed by atoms with van der Waals surface area (Å²) >= 11 is 4.87. The summed E-state index contributed by atoms with van der Waals surface area (Å²) in [5, 5.41) is 0. The van der Waals surface area contributed by atoms with Crippen molar-refractivity contribution in [1.29, 1.82) is 0 Å². The number of rotatable bonds is 1. The summed E-state index contributed by atoms with van der Waals surface area (Å²) in [5.74, 6) is 0.603. The van der Waals surface area contributed by atoms with E-state index >= 15 is 0 Å². The fraction of sp³-hybridized carbons (Fsp3) is 0.429. The molecule has 0 aromatic carbocycles. The predicted molar refractivity (Wildman–Crippen MR) is 45.4 cm³/mol. The van der Waals surface area contributed by atoms with Gasteiger partial charge in [0.1, 0.15) is 0 Å². The molecule has 1 rings (SSSR count). The molecule has 0 radical (unpaired) electrons. The Morgan fingerprint density at radius 2 is 2.09 bits per heavy atom. The van der Waals surface area contributed by atoms with Crippen molar-refractivity contribution in [2.75, 3.05) is 7.11 Å². The maximum atomic E-state index is 5.01. The first-order valence-electron chi connectivity index (χ1n) is 3.26. The van der Waals surface area contributed by atoms with Crippen molar-refractivity contribution in [3.8, 4) is 5.88 Å². The van der Waals surface area contributed by atoms with E-state index in [1.54, 1.807) is 7.11 Å². The second-order valence-corrected chi connectivity index (χ2v) is 2.69. The molecule has 0 saturated heterocycles. The third kappa shape index (κ3) is 1.57. The van der Waals surface area contributed by atoms with Crippen molar-refractivity contribution < 1.29 is 4.74 Å². The average Bonchev–Trinajstić information content (AvgIpc) is 1.96. The van der Waals surface area contributed by atoms with Crippen LogP contribution in [0.1, 0.15) is 11.3 Å². The van der Waals surface area contributed by atoms with Crippen molar-refractivity contribution >= 4 is 12.2 Å². The lowest BCUT2D eigenvalue weighted by Crippen LogP contribution is -1.96. The standard InChI is InChI=1S/C7H10N2OS/c1-4-5(2)8-7(11)9-6(4)10-3/h1-3H3,(H,8,9,11). The molecule has 1 heterocycles. The molecule has 1 aromatic heterocycles. The second-order valence-electron chi connectivity index (χ2n) is 2.30. The van der Waals surface area contributed by atoms with Crippen LogP contribution in [0.2, 0.25) is 0 Å². The van der Waals surface area contributed by atoms with E-state index < -0.39 is 0 Å². The van der Waals surface area contributed by atoms with E-state index in [9.17, 15) is 0 Å². The van der Waals surface area contributed by atoms with Gasteiger partial charge in [-0.05, 0) is 26.1 Å². The number of methoxy groups -OCH3 is 1. The van der Waals surface area contributed by atoms with Crippen LogP contribution in [0.5, 0.6) is 5.88 Å². The predicted octanol–water partition coefficient (Wildman–Crippen LogP) is 1.76. The van der Waals surface area contributed by atoms with E-state index in [-0.39, 0.29) is 0 Å². The molecule has 60 valence electrons. The Morgan fingerprint density at radius 3 is 2.64 bits per heavy atom. The lowest BCUT2D eigenvalue weighted by Gasteiger charge is -2.04. The number of aromatic amines is 1. The number of hydrogen-bond acceptors (Lipinski definition) is 3. The number of nitrogens with zero attached hydrogens (tertiary/aromatic N) is 1. The molecule has 0 aliphatic carbocycles. The molecule has 0 atom stereocenters. The summed E-state index contributed by atoms with van der Waals surface area (Å²) in [6.45, 7) is 3.88. The summed E-state index contributed by atoms with van der Waals surface area (Å²) in [7, 11) is 1.59.